The number of hydrogen-bond acceptors (Lipinski definition) is 2. The van der Waals surface area contributed by atoms with Gasteiger partial charge in [0.2, 0.25) is 0 Å². The van der Waals surface area contributed by atoms with Crippen molar-refractivity contribution in [1.29, 1.82) is 0 Å². The molecule has 0 aliphatic rings. The summed E-state index contributed by atoms with van der Waals surface area (Å²) in [7, 11) is 0. The maximum atomic E-state index is 12.8. The van der Waals surface area contributed by atoms with E-state index in [4.69, 9.17) is 4.74 Å². The van der Waals surface area contributed by atoms with Crippen LogP contribution in [0.4, 0.5) is 8.78 Å². The average Bonchev–Trinajstić information content (AvgIpc) is 2.31. The van der Waals surface area contributed by atoms with Gasteiger partial charge in [-0.05, 0) is 6.42 Å². The lowest BCUT2D eigenvalue weighted by atomic mass is 10.2. The van der Waals surface area contributed by atoms with Crippen molar-refractivity contribution in [2.24, 2.45) is 0 Å². The van der Waals surface area contributed by atoms with Crippen molar-refractivity contribution < 1.29 is 18.3 Å². The highest BCUT2D eigenvalue weighted by Crippen LogP contribution is 2.14. The van der Waals surface area contributed by atoms with Gasteiger partial charge >= 0.3 is 0 Å². The van der Waals surface area contributed by atoms with E-state index in [2.05, 4.69) is 12.2 Å². The van der Waals surface area contributed by atoms with Crippen molar-refractivity contribution in [3.63, 3.8) is 0 Å². The molecule has 1 amide bonds. The van der Waals surface area contributed by atoms with Crippen LogP contribution in [0.15, 0.2) is 18.2 Å². The standard InChI is InChI=1S/C13H17F2NO2/c1-2-3-4-5-16-13(17)9-18-12-7-10(14)6-11(15)8-12/h6-8H,2-5,9H2,1H3,(H,16,17). The second-order valence-corrected chi connectivity index (χ2v) is 3.95. The maximum absolute atomic E-state index is 12.8. The SMILES string of the molecule is CCCCCNC(=O)COc1cc(F)cc(F)c1. The van der Waals surface area contributed by atoms with E-state index in [0.717, 1.165) is 37.5 Å². The lowest BCUT2D eigenvalue weighted by Crippen LogP contribution is -2.29. The Kier molecular flexibility index (Phi) is 6.11. The summed E-state index contributed by atoms with van der Waals surface area (Å²) in [5, 5.41) is 2.67. The number of amides is 1. The molecule has 0 saturated heterocycles. The average molecular weight is 257 g/mol. The second kappa shape index (κ2) is 7.63. The fourth-order valence-corrected chi connectivity index (χ4v) is 1.41. The number of halogens is 2. The number of rotatable bonds is 7. The van der Waals surface area contributed by atoms with Crippen LogP contribution in [0.1, 0.15) is 26.2 Å². The van der Waals surface area contributed by atoms with E-state index in [9.17, 15) is 13.6 Å². The first-order valence-electron chi connectivity index (χ1n) is 5.97. The normalized spacial score (nSPS) is 10.2. The molecule has 0 aliphatic heterocycles. The first-order chi connectivity index (χ1) is 8.61. The second-order valence-electron chi connectivity index (χ2n) is 3.95. The van der Waals surface area contributed by atoms with Crippen LogP contribution >= 0.6 is 0 Å². The number of nitrogens with one attached hydrogen (secondary N) is 1. The Morgan fingerprint density at radius 3 is 2.50 bits per heavy atom. The van der Waals surface area contributed by atoms with Crippen LogP contribution in [0, 0.1) is 11.6 Å². The zero-order valence-corrected chi connectivity index (χ0v) is 10.3. The van der Waals surface area contributed by atoms with Crippen molar-refractivity contribution in [2.45, 2.75) is 26.2 Å². The van der Waals surface area contributed by atoms with Crippen LogP contribution < -0.4 is 10.1 Å². The molecule has 0 bridgehead atoms. The summed E-state index contributed by atoms with van der Waals surface area (Å²) in [4.78, 5) is 11.3. The molecule has 3 nitrogen and oxygen atoms in total. The first-order valence-corrected chi connectivity index (χ1v) is 5.97. The largest absolute Gasteiger partial charge is 0.484 e. The summed E-state index contributed by atoms with van der Waals surface area (Å²) in [5.74, 6) is -1.74. The monoisotopic (exact) mass is 257 g/mol. The number of carbonyl (C=O) groups is 1. The van der Waals surface area contributed by atoms with Gasteiger partial charge in [-0.15, -0.1) is 0 Å². The number of carbonyl (C=O) groups excluding carboxylic acids is 1. The van der Waals surface area contributed by atoms with E-state index in [-0.39, 0.29) is 18.3 Å². The summed E-state index contributed by atoms with van der Waals surface area (Å²) in [6, 6.07) is 2.82. The predicted molar refractivity (Wildman–Crippen MR) is 64.4 cm³/mol. The molecule has 1 aromatic rings. The highest BCUT2D eigenvalue weighted by molar-refractivity contribution is 5.77. The molecular weight excluding hydrogens is 240 g/mol. The van der Waals surface area contributed by atoms with Crippen molar-refractivity contribution in [3.05, 3.63) is 29.8 Å². The molecule has 0 saturated carbocycles. The van der Waals surface area contributed by atoms with E-state index in [0.29, 0.717) is 6.54 Å². The lowest BCUT2D eigenvalue weighted by Gasteiger charge is -2.07. The lowest BCUT2D eigenvalue weighted by molar-refractivity contribution is -0.123. The zero-order chi connectivity index (χ0) is 13.4. The molecule has 0 atom stereocenters. The molecule has 5 heteroatoms. The summed E-state index contributed by atoms with van der Waals surface area (Å²) in [6.07, 6.45) is 3.04. The molecule has 0 radical (unpaired) electrons. The van der Waals surface area contributed by atoms with Crippen molar-refractivity contribution in [1.82, 2.24) is 5.32 Å². The summed E-state index contributed by atoms with van der Waals surface area (Å²) in [6.45, 7) is 2.42. The summed E-state index contributed by atoms with van der Waals surface area (Å²) < 4.78 is 30.6. The Balaban J connectivity index is 2.29. The molecule has 0 heterocycles. The van der Waals surface area contributed by atoms with Gasteiger partial charge in [0, 0.05) is 24.7 Å². The number of benzene rings is 1. The Morgan fingerprint density at radius 2 is 1.89 bits per heavy atom. The van der Waals surface area contributed by atoms with Gasteiger partial charge in [0.15, 0.2) is 6.61 Å². The number of hydrogen-bond donors (Lipinski definition) is 1. The Morgan fingerprint density at radius 1 is 1.22 bits per heavy atom. The minimum absolute atomic E-state index is 0.0104. The summed E-state index contributed by atoms with van der Waals surface area (Å²) in [5.41, 5.74) is 0. The highest BCUT2D eigenvalue weighted by atomic mass is 19.1. The van der Waals surface area contributed by atoms with Crippen LogP contribution in [-0.2, 0) is 4.79 Å². The Bertz CT molecular complexity index is 376. The molecule has 18 heavy (non-hydrogen) atoms. The van der Waals surface area contributed by atoms with E-state index in [1.54, 1.807) is 0 Å². The Hall–Kier alpha value is -1.65. The molecule has 1 rings (SSSR count). The minimum Gasteiger partial charge on any atom is -0.484 e. The van der Waals surface area contributed by atoms with E-state index >= 15 is 0 Å². The molecule has 100 valence electrons. The molecule has 0 unspecified atom stereocenters. The van der Waals surface area contributed by atoms with Crippen LogP contribution in [0.25, 0.3) is 0 Å². The number of ether oxygens (including phenoxy) is 1. The molecule has 0 fully saturated rings. The van der Waals surface area contributed by atoms with E-state index in [1.165, 1.54) is 0 Å². The topological polar surface area (TPSA) is 38.3 Å². The van der Waals surface area contributed by atoms with Crippen LogP contribution in [0.3, 0.4) is 0 Å². The van der Waals surface area contributed by atoms with Crippen LogP contribution in [-0.4, -0.2) is 19.1 Å². The fourth-order valence-electron chi connectivity index (χ4n) is 1.41. The molecule has 0 aromatic heterocycles. The third-order valence-electron chi connectivity index (χ3n) is 2.31. The van der Waals surface area contributed by atoms with Gasteiger partial charge in [-0.3, -0.25) is 4.79 Å². The van der Waals surface area contributed by atoms with Gasteiger partial charge < -0.3 is 10.1 Å². The van der Waals surface area contributed by atoms with E-state index < -0.39 is 11.6 Å². The molecule has 1 N–H and O–H groups in total. The smallest absolute Gasteiger partial charge is 0.257 e. The highest BCUT2D eigenvalue weighted by Gasteiger charge is 2.05. The van der Waals surface area contributed by atoms with Crippen LogP contribution in [0.2, 0.25) is 0 Å². The summed E-state index contributed by atoms with van der Waals surface area (Å²) >= 11 is 0. The van der Waals surface area contributed by atoms with Crippen molar-refractivity contribution in [3.8, 4) is 5.75 Å². The maximum Gasteiger partial charge on any atom is 0.257 e. The van der Waals surface area contributed by atoms with Gasteiger partial charge in [-0.1, -0.05) is 19.8 Å². The van der Waals surface area contributed by atoms with Gasteiger partial charge in [0.1, 0.15) is 17.4 Å². The molecule has 0 aliphatic carbocycles. The van der Waals surface area contributed by atoms with Gasteiger partial charge in [-0.25, -0.2) is 8.78 Å². The van der Waals surface area contributed by atoms with Gasteiger partial charge in [-0.2, -0.15) is 0 Å². The Labute approximate surface area is 105 Å². The van der Waals surface area contributed by atoms with Crippen molar-refractivity contribution in [2.75, 3.05) is 13.2 Å². The third kappa shape index (κ3) is 5.61. The van der Waals surface area contributed by atoms with Gasteiger partial charge in [0.05, 0.1) is 0 Å². The molecule has 0 spiro atoms. The predicted octanol–water partition coefficient (Wildman–Crippen LogP) is 2.65. The molecular formula is C13H17F2NO2. The fraction of sp³-hybridized carbons (Fsp3) is 0.462. The quantitative estimate of drug-likeness (QED) is 0.763. The minimum atomic E-state index is -0.728. The zero-order valence-electron chi connectivity index (χ0n) is 10.3. The van der Waals surface area contributed by atoms with E-state index in [1.807, 2.05) is 0 Å². The van der Waals surface area contributed by atoms with Crippen molar-refractivity contribution >= 4 is 5.91 Å². The van der Waals surface area contributed by atoms with Gasteiger partial charge in [0.25, 0.3) is 5.91 Å². The number of unbranched alkanes of at least 4 members (excludes halogenated alkanes) is 2. The van der Waals surface area contributed by atoms with Crippen LogP contribution in [0.5, 0.6) is 5.75 Å². The molecule has 1 aromatic carbocycles. The first kappa shape index (κ1) is 14.4. The third-order valence-corrected chi connectivity index (χ3v) is 2.31.